The predicted octanol–water partition coefficient (Wildman–Crippen LogP) is 2.63. The average Bonchev–Trinajstić information content (AvgIpc) is 3.05. The number of fused-ring (bicyclic) bond motifs is 3. The molecular weight excluding hydrogens is 224 g/mol. The Hall–Kier alpha value is -2.10. The molecule has 0 spiro atoms. The van der Waals surface area contributed by atoms with E-state index in [4.69, 9.17) is 0 Å². The summed E-state index contributed by atoms with van der Waals surface area (Å²) in [6.07, 6.45) is 10.5. The van der Waals surface area contributed by atoms with Gasteiger partial charge < -0.3 is 9.55 Å². The van der Waals surface area contributed by atoms with E-state index in [0.717, 1.165) is 24.3 Å². The van der Waals surface area contributed by atoms with E-state index in [1.54, 1.807) is 6.33 Å². The lowest BCUT2D eigenvalue weighted by Crippen LogP contribution is -2.02. The van der Waals surface area contributed by atoms with E-state index in [9.17, 15) is 0 Å². The van der Waals surface area contributed by atoms with Gasteiger partial charge in [0.2, 0.25) is 0 Å². The molecule has 0 aromatic carbocycles. The molecule has 0 saturated carbocycles. The van der Waals surface area contributed by atoms with Crippen LogP contribution in [0.3, 0.4) is 0 Å². The van der Waals surface area contributed by atoms with E-state index in [-0.39, 0.29) is 0 Å². The van der Waals surface area contributed by atoms with Crippen LogP contribution in [0.15, 0.2) is 30.9 Å². The lowest BCUT2D eigenvalue weighted by molar-refractivity contribution is 0.679. The van der Waals surface area contributed by atoms with Gasteiger partial charge in [-0.2, -0.15) is 0 Å². The van der Waals surface area contributed by atoms with Gasteiger partial charge in [-0.05, 0) is 43.4 Å². The van der Waals surface area contributed by atoms with Crippen LogP contribution in [0.4, 0.5) is 0 Å². The van der Waals surface area contributed by atoms with Crippen LogP contribution >= 0.6 is 0 Å². The Morgan fingerprint density at radius 1 is 1.06 bits per heavy atom. The second kappa shape index (κ2) is 3.70. The highest BCUT2D eigenvalue weighted by molar-refractivity contribution is 5.88. The van der Waals surface area contributed by atoms with Crippen LogP contribution in [0.5, 0.6) is 0 Å². The second-order valence-electron chi connectivity index (χ2n) is 4.80. The maximum Gasteiger partial charge on any atom is 0.149 e. The summed E-state index contributed by atoms with van der Waals surface area (Å²) in [5.41, 5.74) is 3.74. The molecule has 0 fully saturated rings. The first-order valence-corrected chi connectivity index (χ1v) is 6.41. The fourth-order valence-corrected chi connectivity index (χ4v) is 2.88. The van der Waals surface area contributed by atoms with Gasteiger partial charge in [-0.1, -0.05) is 0 Å². The Kier molecular flexibility index (Phi) is 2.03. The number of hydrogen-bond acceptors (Lipinski definition) is 2. The van der Waals surface area contributed by atoms with E-state index in [2.05, 4.69) is 19.5 Å². The quantitative estimate of drug-likeness (QED) is 0.708. The molecule has 4 rings (SSSR count). The number of nitrogens with zero attached hydrogens (tertiary/aromatic N) is 3. The van der Waals surface area contributed by atoms with Crippen LogP contribution in [0.25, 0.3) is 16.9 Å². The third-order valence-electron chi connectivity index (χ3n) is 3.72. The lowest BCUT2D eigenvalue weighted by Gasteiger charge is -2.11. The zero-order valence-electron chi connectivity index (χ0n) is 10.1. The second-order valence-corrected chi connectivity index (χ2v) is 4.80. The Morgan fingerprint density at radius 3 is 2.78 bits per heavy atom. The smallest absolute Gasteiger partial charge is 0.149 e. The van der Waals surface area contributed by atoms with Crippen molar-refractivity contribution in [2.75, 3.05) is 0 Å². The zero-order valence-corrected chi connectivity index (χ0v) is 10.1. The molecule has 4 heteroatoms. The SMILES string of the molecule is c1ccn(-c2ncnc3[nH]c4c(c23)CCCC4)c1. The fraction of sp³-hybridized carbons (Fsp3) is 0.286. The van der Waals surface area contributed by atoms with Crippen LogP contribution in [0, 0.1) is 0 Å². The Balaban J connectivity index is 2.06. The van der Waals surface area contributed by atoms with Gasteiger partial charge in [0, 0.05) is 18.1 Å². The molecule has 90 valence electrons. The minimum Gasteiger partial charge on any atom is -0.343 e. The van der Waals surface area contributed by atoms with E-state index in [1.165, 1.54) is 29.5 Å². The molecule has 0 amide bonds. The van der Waals surface area contributed by atoms with Gasteiger partial charge in [0.15, 0.2) is 0 Å². The normalized spacial score (nSPS) is 14.9. The number of aromatic amines is 1. The summed E-state index contributed by atoms with van der Waals surface area (Å²) in [5, 5.41) is 1.20. The van der Waals surface area contributed by atoms with Crippen molar-refractivity contribution < 1.29 is 0 Å². The van der Waals surface area contributed by atoms with Crippen LogP contribution in [0.2, 0.25) is 0 Å². The predicted molar refractivity (Wildman–Crippen MR) is 69.9 cm³/mol. The van der Waals surface area contributed by atoms with Gasteiger partial charge >= 0.3 is 0 Å². The first-order chi connectivity index (χ1) is 8.93. The van der Waals surface area contributed by atoms with Crippen molar-refractivity contribution >= 4 is 11.0 Å². The molecule has 1 N–H and O–H groups in total. The molecule has 3 aromatic rings. The number of H-pyrrole nitrogens is 1. The van der Waals surface area contributed by atoms with Crippen molar-refractivity contribution in [3.05, 3.63) is 42.1 Å². The number of hydrogen-bond donors (Lipinski definition) is 1. The average molecular weight is 238 g/mol. The third kappa shape index (κ3) is 1.32. The zero-order chi connectivity index (χ0) is 11.9. The van der Waals surface area contributed by atoms with E-state index >= 15 is 0 Å². The van der Waals surface area contributed by atoms with Crippen LogP contribution < -0.4 is 0 Å². The highest BCUT2D eigenvalue weighted by Crippen LogP contribution is 2.30. The maximum absolute atomic E-state index is 4.46. The summed E-state index contributed by atoms with van der Waals surface area (Å²) in [6.45, 7) is 0. The lowest BCUT2D eigenvalue weighted by atomic mass is 9.96. The monoisotopic (exact) mass is 238 g/mol. The number of nitrogens with one attached hydrogen (secondary N) is 1. The standard InChI is InChI=1S/C14H14N4/c1-2-6-11-10(5-1)12-13(17-11)15-9-16-14(12)18-7-3-4-8-18/h3-4,7-9H,1-2,5-6H2,(H,15,16,17). The van der Waals surface area contributed by atoms with Crippen molar-refractivity contribution in [3.8, 4) is 5.82 Å². The van der Waals surface area contributed by atoms with Crippen molar-refractivity contribution in [1.82, 2.24) is 19.5 Å². The van der Waals surface area contributed by atoms with E-state index in [0.29, 0.717) is 0 Å². The molecule has 0 unspecified atom stereocenters. The van der Waals surface area contributed by atoms with Gasteiger partial charge in [-0.3, -0.25) is 0 Å². The van der Waals surface area contributed by atoms with Gasteiger partial charge in [-0.25, -0.2) is 9.97 Å². The van der Waals surface area contributed by atoms with Gasteiger partial charge in [0.25, 0.3) is 0 Å². The number of aryl methyl sites for hydroxylation is 2. The highest BCUT2D eigenvalue weighted by Gasteiger charge is 2.19. The first kappa shape index (κ1) is 9.88. The molecule has 1 aliphatic rings. The Bertz CT molecular complexity index is 694. The highest BCUT2D eigenvalue weighted by atomic mass is 15.1. The summed E-state index contributed by atoms with van der Waals surface area (Å²) in [6, 6.07) is 4.04. The minimum atomic E-state index is 0.973. The largest absolute Gasteiger partial charge is 0.343 e. The van der Waals surface area contributed by atoms with Crippen LogP contribution in [-0.2, 0) is 12.8 Å². The summed E-state index contributed by atoms with van der Waals surface area (Å²) >= 11 is 0. The van der Waals surface area contributed by atoms with E-state index in [1.807, 2.05) is 24.5 Å². The van der Waals surface area contributed by atoms with Gasteiger partial charge in [-0.15, -0.1) is 0 Å². The molecule has 3 aromatic heterocycles. The van der Waals surface area contributed by atoms with Crippen molar-refractivity contribution in [2.45, 2.75) is 25.7 Å². The van der Waals surface area contributed by atoms with Crippen LogP contribution in [-0.4, -0.2) is 19.5 Å². The molecule has 3 heterocycles. The third-order valence-corrected chi connectivity index (χ3v) is 3.72. The molecular formula is C14H14N4. The topological polar surface area (TPSA) is 46.5 Å². The molecule has 0 saturated heterocycles. The molecule has 4 nitrogen and oxygen atoms in total. The summed E-state index contributed by atoms with van der Waals surface area (Å²) in [4.78, 5) is 12.3. The molecule has 0 radical (unpaired) electrons. The number of rotatable bonds is 1. The summed E-state index contributed by atoms with van der Waals surface area (Å²) < 4.78 is 2.06. The molecule has 0 bridgehead atoms. The Morgan fingerprint density at radius 2 is 1.89 bits per heavy atom. The van der Waals surface area contributed by atoms with Crippen LogP contribution in [0.1, 0.15) is 24.1 Å². The molecule has 18 heavy (non-hydrogen) atoms. The van der Waals surface area contributed by atoms with Crippen molar-refractivity contribution in [2.24, 2.45) is 0 Å². The Labute approximate surface area is 105 Å². The molecule has 1 aliphatic carbocycles. The molecule has 0 atom stereocenters. The first-order valence-electron chi connectivity index (χ1n) is 6.41. The van der Waals surface area contributed by atoms with Crippen molar-refractivity contribution in [1.29, 1.82) is 0 Å². The minimum absolute atomic E-state index is 0.973. The van der Waals surface area contributed by atoms with Crippen molar-refractivity contribution in [3.63, 3.8) is 0 Å². The molecule has 0 aliphatic heterocycles. The van der Waals surface area contributed by atoms with Gasteiger partial charge in [0.1, 0.15) is 17.8 Å². The summed E-state index contributed by atoms with van der Waals surface area (Å²) in [7, 11) is 0. The summed E-state index contributed by atoms with van der Waals surface area (Å²) in [5.74, 6) is 0.990. The number of aromatic nitrogens is 4. The van der Waals surface area contributed by atoms with Gasteiger partial charge in [0.05, 0.1) is 5.39 Å². The fourth-order valence-electron chi connectivity index (χ4n) is 2.88. The maximum atomic E-state index is 4.46. The van der Waals surface area contributed by atoms with E-state index < -0.39 is 0 Å².